The smallest absolute Gasteiger partial charge is 0.244 e. The highest BCUT2D eigenvalue weighted by Crippen LogP contribution is 2.33. The molecule has 0 atom stereocenters. The van der Waals surface area contributed by atoms with Gasteiger partial charge in [-0.25, -0.2) is 8.42 Å². The van der Waals surface area contributed by atoms with Crippen molar-refractivity contribution in [3.63, 3.8) is 0 Å². The van der Waals surface area contributed by atoms with Gasteiger partial charge in [-0.05, 0) is 28.1 Å². The Kier molecular flexibility index (Phi) is 6.38. The van der Waals surface area contributed by atoms with Crippen LogP contribution in [0.25, 0.3) is 0 Å². The summed E-state index contributed by atoms with van der Waals surface area (Å²) in [6.45, 7) is 2.18. The summed E-state index contributed by atoms with van der Waals surface area (Å²) in [4.78, 5) is 0.0855. The Balaban J connectivity index is 0.00000180. The summed E-state index contributed by atoms with van der Waals surface area (Å²) in [5.74, 6) is 0. The van der Waals surface area contributed by atoms with Gasteiger partial charge in [0.1, 0.15) is 4.90 Å². The van der Waals surface area contributed by atoms with Crippen molar-refractivity contribution in [1.29, 1.82) is 0 Å². The molecule has 19 heavy (non-hydrogen) atoms. The molecule has 1 aliphatic heterocycles. The molecule has 0 unspecified atom stereocenters. The van der Waals surface area contributed by atoms with Crippen LogP contribution in [0, 0.1) is 0 Å². The van der Waals surface area contributed by atoms with Crippen LogP contribution in [-0.4, -0.2) is 38.9 Å². The van der Waals surface area contributed by atoms with Gasteiger partial charge < -0.3 is 5.32 Å². The first-order valence-electron chi connectivity index (χ1n) is 5.28. The van der Waals surface area contributed by atoms with Crippen LogP contribution in [0.4, 0.5) is 0 Å². The first kappa shape index (κ1) is 17.5. The lowest BCUT2D eigenvalue weighted by atomic mass is 10.4. The van der Waals surface area contributed by atoms with Gasteiger partial charge >= 0.3 is 0 Å². The number of hydrogen-bond acceptors (Lipinski definition) is 3. The molecule has 1 aromatic carbocycles. The van der Waals surface area contributed by atoms with Crippen LogP contribution in [0.2, 0.25) is 10.0 Å². The van der Waals surface area contributed by atoms with E-state index in [1.165, 1.54) is 16.4 Å². The summed E-state index contributed by atoms with van der Waals surface area (Å²) >= 11 is 15.1. The number of hydrogen-bond donors (Lipinski definition) is 1. The minimum absolute atomic E-state index is 0. The maximum Gasteiger partial charge on any atom is 0.244 e. The van der Waals surface area contributed by atoms with Crippen LogP contribution in [0.1, 0.15) is 0 Å². The Morgan fingerprint density at radius 3 is 2.32 bits per heavy atom. The summed E-state index contributed by atoms with van der Waals surface area (Å²) in [6.07, 6.45) is 0. The monoisotopic (exact) mass is 408 g/mol. The van der Waals surface area contributed by atoms with E-state index in [4.69, 9.17) is 23.2 Å². The molecule has 0 amide bonds. The van der Waals surface area contributed by atoms with Crippen molar-refractivity contribution in [2.45, 2.75) is 4.90 Å². The van der Waals surface area contributed by atoms with Gasteiger partial charge in [-0.2, -0.15) is 4.31 Å². The van der Waals surface area contributed by atoms with Crippen molar-refractivity contribution in [2.75, 3.05) is 26.2 Å². The summed E-state index contributed by atoms with van der Waals surface area (Å²) in [7, 11) is -3.56. The molecule has 0 radical (unpaired) electrons. The van der Waals surface area contributed by atoms with E-state index in [-0.39, 0.29) is 22.3 Å². The van der Waals surface area contributed by atoms with Crippen LogP contribution in [0.3, 0.4) is 0 Å². The van der Waals surface area contributed by atoms with E-state index in [1.54, 1.807) is 0 Å². The molecule has 1 N–H and O–H groups in total. The number of halogens is 4. The molecule has 1 heterocycles. The fourth-order valence-corrected chi connectivity index (χ4v) is 4.41. The Hall–Kier alpha value is 0.440. The van der Waals surface area contributed by atoms with Crippen molar-refractivity contribution in [3.05, 3.63) is 26.7 Å². The molecule has 1 aromatic rings. The summed E-state index contributed by atoms with van der Waals surface area (Å²) < 4.78 is 26.8. The molecule has 1 aliphatic rings. The fourth-order valence-electron chi connectivity index (χ4n) is 1.73. The maximum atomic E-state index is 12.4. The average molecular weight is 411 g/mol. The normalized spacial score (nSPS) is 17.0. The number of rotatable bonds is 2. The quantitative estimate of drug-likeness (QED) is 0.763. The minimum atomic E-state index is -3.56. The Labute approximate surface area is 137 Å². The van der Waals surface area contributed by atoms with E-state index in [0.29, 0.717) is 35.7 Å². The predicted molar refractivity (Wildman–Crippen MR) is 83.0 cm³/mol. The molecule has 1 saturated heterocycles. The van der Waals surface area contributed by atoms with Gasteiger partial charge in [-0.15, -0.1) is 12.4 Å². The summed E-state index contributed by atoms with van der Waals surface area (Å²) in [6, 6.07) is 2.88. The second-order valence-electron chi connectivity index (χ2n) is 3.85. The molecule has 108 valence electrons. The van der Waals surface area contributed by atoms with Gasteiger partial charge in [0.25, 0.3) is 0 Å². The first-order valence-corrected chi connectivity index (χ1v) is 8.27. The molecular formula is C10H12BrCl3N2O2S. The molecule has 0 bridgehead atoms. The number of piperazine rings is 1. The molecule has 0 aliphatic carbocycles. The van der Waals surface area contributed by atoms with E-state index in [0.717, 1.165) is 0 Å². The Morgan fingerprint density at radius 1 is 1.16 bits per heavy atom. The zero-order valence-corrected chi connectivity index (χ0v) is 14.4. The van der Waals surface area contributed by atoms with Gasteiger partial charge in [0.2, 0.25) is 10.0 Å². The summed E-state index contributed by atoms with van der Waals surface area (Å²) in [5.41, 5.74) is 0. The molecule has 4 nitrogen and oxygen atoms in total. The SMILES string of the molecule is Cl.O=S(=O)(c1cc(Br)c(Cl)cc1Cl)N1CCNCC1. The highest BCUT2D eigenvalue weighted by Gasteiger charge is 2.28. The number of sulfonamides is 1. The third-order valence-corrected chi connectivity index (χ3v) is 6.23. The number of nitrogens with zero attached hydrogens (tertiary/aromatic N) is 1. The molecule has 1 fully saturated rings. The standard InChI is InChI=1S/C10H11BrCl2N2O2S.ClH/c11-7-5-10(9(13)6-8(7)12)18(16,17)15-3-1-14-2-4-15;/h5-6,14H,1-4H2;1H. The molecule has 0 spiro atoms. The van der Waals surface area contributed by atoms with Crippen LogP contribution in [-0.2, 0) is 10.0 Å². The van der Waals surface area contributed by atoms with Crippen molar-refractivity contribution in [1.82, 2.24) is 9.62 Å². The molecule has 2 rings (SSSR count). The lowest BCUT2D eigenvalue weighted by Gasteiger charge is -2.27. The molecule has 9 heteroatoms. The largest absolute Gasteiger partial charge is 0.314 e. The van der Waals surface area contributed by atoms with Gasteiger partial charge in [0.05, 0.1) is 10.0 Å². The topological polar surface area (TPSA) is 49.4 Å². The zero-order valence-electron chi connectivity index (χ0n) is 9.70. The lowest BCUT2D eigenvalue weighted by molar-refractivity contribution is 0.360. The van der Waals surface area contributed by atoms with Crippen molar-refractivity contribution >= 4 is 61.6 Å². The van der Waals surface area contributed by atoms with E-state index in [9.17, 15) is 8.42 Å². The maximum absolute atomic E-state index is 12.4. The van der Waals surface area contributed by atoms with Crippen LogP contribution in [0.15, 0.2) is 21.5 Å². The number of nitrogens with one attached hydrogen (secondary N) is 1. The lowest BCUT2D eigenvalue weighted by Crippen LogP contribution is -2.46. The van der Waals surface area contributed by atoms with E-state index in [2.05, 4.69) is 21.2 Å². The van der Waals surface area contributed by atoms with Gasteiger partial charge in [0.15, 0.2) is 0 Å². The second kappa shape index (κ2) is 6.93. The Morgan fingerprint density at radius 2 is 1.74 bits per heavy atom. The zero-order chi connectivity index (χ0) is 13.3. The molecular weight excluding hydrogens is 398 g/mol. The van der Waals surface area contributed by atoms with Crippen molar-refractivity contribution in [3.8, 4) is 0 Å². The van der Waals surface area contributed by atoms with Gasteiger partial charge in [0, 0.05) is 30.7 Å². The van der Waals surface area contributed by atoms with Crippen LogP contribution < -0.4 is 5.32 Å². The summed E-state index contributed by atoms with van der Waals surface area (Å²) in [5, 5.41) is 3.63. The van der Waals surface area contributed by atoms with Gasteiger partial charge in [-0.1, -0.05) is 23.2 Å². The van der Waals surface area contributed by atoms with Crippen LogP contribution >= 0.6 is 51.5 Å². The molecule has 0 aromatic heterocycles. The van der Waals surface area contributed by atoms with Crippen LogP contribution in [0.5, 0.6) is 0 Å². The van der Waals surface area contributed by atoms with E-state index in [1.807, 2.05) is 0 Å². The number of benzene rings is 1. The molecule has 0 saturated carbocycles. The second-order valence-corrected chi connectivity index (χ2v) is 7.43. The fraction of sp³-hybridized carbons (Fsp3) is 0.400. The highest BCUT2D eigenvalue weighted by atomic mass is 79.9. The van der Waals surface area contributed by atoms with Crippen molar-refractivity contribution < 1.29 is 8.42 Å². The van der Waals surface area contributed by atoms with E-state index < -0.39 is 10.0 Å². The third kappa shape index (κ3) is 3.75. The minimum Gasteiger partial charge on any atom is -0.314 e. The van der Waals surface area contributed by atoms with E-state index >= 15 is 0 Å². The van der Waals surface area contributed by atoms with Crippen molar-refractivity contribution in [2.24, 2.45) is 0 Å². The predicted octanol–water partition coefficient (Wildman–Crippen LogP) is 2.77. The first-order chi connectivity index (χ1) is 8.43. The van der Waals surface area contributed by atoms with Gasteiger partial charge in [-0.3, -0.25) is 0 Å². The average Bonchev–Trinajstić information content (AvgIpc) is 2.34. The Bertz CT molecular complexity index is 562. The highest BCUT2D eigenvalue weighted by molar-refractivity contribution is 9.10. The third-order valence-electron chi connectivity index (χ3n) is 2.67.